The van der Waals surface area contributed by atoms with Crippen LogP contribution in [0.15, 0.2) is 54.2 Å². The van der Waals surface area contributed by atoms with Crippen LogP contribution in [0, 0.1) is 23.0 Å². The number of benzene rings is 2. The lowest BCUT2D eigenvalue weighted by atomic mass is 10.1. The van der Waals surface area contributed by atoms with E-state index in [-0.39, 0.29) is 0 Å². The maximum atomic E-state index is 13.5. The molecule has 2 rings (SSSR count). The fourth-order valence-corrected chi connectivity index (χ4v) is 1.96. The molecular weight excluding hydrogens is 357 g/mol. The summed E-state index contributed by atoms with van der Waals surface area (Å²) in [5, 5.41) is 13.1. The molecule has 0 aliphatic carbocycles. The van der Waals surface area contributed by atoms with E-state index in [9.17, 15) is 26.7 Å². The Morgan fingerprint density at radius 2 is 1.65 bits per heavy atom. The summed E-state index contributed by atoms with van der Waals surface area (Å²) in [6, 6.07) is 8.65. The van der Waals surface area contributed by atoms with Gasteiger partial charge in [0.2, 0.25) is 0 Å². The van der Waals surface area contributed by atoms with Crippen molar-refractivity contribution in [3.8, 4) is 6.07 Å². The van der Waals surface area contributed by atoms with Crippen molar-refractivity contribution in [3.05, 3.63) is 71.4 Å². The molecule has 0 saturated heterocycles. The topological polar surface area (TPSA) is 64.9 Å². The lowest BCUT2D eigenvalue weighted by Crippen LogP contribution is -2.18. The second kappa shape index (κ2) is 7.65. The van der Waals surface area contributed by atoms with Crippen molar-refractivity contribution < 1.29 is 26.7 Å². The molecule has 0 radical (unpaired) electrons. The number of halogens is 5. The van der Waals surface area contributed by atoms with Gasteiger partial charge in [0.1, 0.15) is 29.0 Å². The Morgan fingerprint density at radius 1 is 1.04 bits per heavy atom. The van der Waals surface area contributed by atoms with Crippen molar-refractivity contribution >= 4 is 17.3 Å². The largest absolute Gasteiger partial charge is 0.418 e. The maximum Gasteiger partial charge on any atom is 0.418 e. The fraction of sp³-hybridized carbons (Fsp3) is 0.0588. The van der Waals surface area contributed by atoms with Gasteiger partial charge in [-0.1, -0.05) is 18.2 Å². The minimum absolute atomic E-state index is 0.553. The molecule has 134 valence electrons. The predicted octanol–water partition coefficient (Wildman–Crippen LogP) is 4.44. The summed E-state index contributed by atoms with van der Waals surface area (Å²) in [5.74, 6) is -3.11. The number of rotatable bonds is 4. The number of nitrogens with one attached hydrogen (secondary N) is 2. The van der Waals surface area contributed by atoms with Gasteiger partial charge in [-0.2, -0.15) is 18.4 Å². The molecule has 2 aromatic carbocycles. The van der Waals surface area contributed by atoms with E-state index in [1.165, 1.54) is 12.1 Å². The molecular formula is C17H10F5N3O. The van der Waals surface area contributed by atoms with E-state index in [0.717, 1.165) is 36.4 Å². The smallest absolute Gasteiger partial charge is 0.355 e. The zero-order valence-electron chi connectivity index (χ0n) is 12.9. The summed E-state index contributed by atoms with van der Waals surface area (Å²) in [6.07, 6.45) is -4.01. The molecule has 0 aliphatic heterocycles. The monoisotopic (exact) mass is 367 g/mol. The molecule has 4 nitrogen and oxygen atoms in total. The van der Waals surface area contributed by atoms with Crippen molar-refractivity contribution in [3.63, 3.8) is 0 Å². The highest BCUT2D eigenvalue weighted by molar-refractivity contribution is 6.07. The third kappa shape index (κ3) is 4.36. The van der Waals surface area contributed by atoms with Gasteiger partial charge in [0.25, 0.3) is 5.91 Å². The molecule has 26 heavy (non-hydrogen) atoms. The first kappa shape index (κ1) is 18.9. The van der Waals surface area contributed by atoms with Gasteiger partial charge in [-0.15, -0.1) is 0 Å². The van der Waals surface area contributed by atoms with E-state index in [1.54, 1.807) is 0 Å². The summed E-state index contributed by atoms with van der Waals surface area (Å²) >= 11 is 0. The zero-order valence-corrected chi connectivity index (χ0v) is 12.9. The van der Waals surface area contributed by atoms with Crippen molar-refractivity contribution in [2.75, 3.05) is 10.6 Å². The third-order valence-electron chi connectivity index (χ3n) is 3.17. The first-order valence-corrected chi connectivity index (χ1v) is 7.02. The molecule has 0 aliphatic rings. The standard InChI is InChI=1S/C17H10F5N3O/c18-12-5-3-6-13(19)15(12)24-9-10(8-23)16(26)25-14-7-2-1-4-11(14)17(20,21)22/h1-7,9,24H,(H,25,26)/b10-9-. The highest BCUT2D eigenvalue weighted by Crippen LogP contribution is 2.34. The van der Waals surface area contributed by atoms with Crippen LogP contribution in [-0.2, 0) is 11.0 Å². The van der Waals surface area contributed by atoms with Crippen LogP contribution in [0.2, 0.25) is 0 Å². The molecule has 0 unspecified atom stereocenters. The fourth-order valence-electron chi connectivity index (χ4n) is 1.96. The molecule has 0 heterocycles. The summed E-state index contributed by atoms with van der Waals surface area (Å²) in [6.45, 7) is 0. The van der Waals surface area contributed by atoms with Gasteiger partial charge in [0.05, 0.1) is 11.3 Å². The lowest BCUT2D eigenvalue weighted by molar-refractivity contribution is -0.137. The van der Waals surface area contributed by atoms with Gasteiger partial charge in [-0.05, 0) is 24.3 Å². The molecule has 2 N–H and O–H groups in total. The number of carbonyl (C=O) groups is 1. The first-order valence-electron chi connectivity index (χ1n) is 7.02. The Bertz CT molecular complexity index is 880. The number of amides is 1. The van der Waals surface area contributed by atoms with E-state index in [4.69, 9.17) is 5.26 Å². The van der Waals surface area contributed by atoms with Crippen LogP contribution in [0.5, 0.6) is 0 Å². The molecule has 0 saturated carbocycles. The van der Waals surface area contributed by atoms with E-state index >= 15 is 0 Å². The summed E-state index contributed by atoms with van der Waals surface area (Å²) in [7, 11) is 0. The van der Waals surface area contributed by atoms with Crippen molar-refractivity contribution in [1.82, 2.24) is 0 Å². The van der Waals surface area contributed by atoms with Crippen molar-refractivity contribution in [2.24, 2.45) is 0 Å². The van der Waals surface area contributed by atoms with E-state index < -0.39 is 46.2 Å². The number of nitrogens with zero attached hydrogens (tertiary/aromatic N) is 1. The van der Waals surface area contributed by atoms with Crippen LogP contribution in [-0.4, -0.2) is 5.91 Å². The Hall–Kier alpha value is -3.41. The summed E-state index contributed by atoms with van der Waals surface area (Å²) in [4.78, 5) is 12.0. The van der Waals surface area contributed by atoms with Gasteiger partial charge in [0.15, 0.2) is 0 Å². The quantitative estimate of drug-likeness (QED) is 0.477. The van der Waals surface area contributed by atoms with Crippen LogP contribution in [0.25, 0.3) is 0 Å². The van der Waals surface area contributed by atoms with Gasteiger partial charge in [-0.25, -0.2) is 8.78 Å². The third-order valence-corrected chi connectivity index (χ3v) is 3.17. The highest BCUT2D eigenvalue weighted by Gasteiger charge is 2.33. The number of anilines is 2. The SMILES string of the molecule is N#C/C(=C/Nc1c(F)cccc1F)C(=O)Nc1ccccc1C(F)(F)F. The van der Waals surface area contributed by atoms with Crippen LogP contribution in [0.3, 0.4) is 0 Å². The second-order valence-electron chi connectivity index (χ2n) is 4.91. The number of nitriles is 1. The zero-order chi connectivity index (χ0) is 19.3. The Morgan fingerprint density at radius 3 is 2.23 bits per heavy atom. The maximum absolute atomic E-state index is 13.5. The van der Waals surface area contributed by atoms with Crippen molar-refractivity contribution in [1.29, 1.82) is 5.26 Å². The second-order valence-corrected chi connectivity index (χ2v) is 4.91. The Labute approximate surface area is 144 Å². The van der Waals surface area contributed by atoms with Crippen LogP contribution < -0.4 is 10.6 Å². The van der Waals surface area contributed by atoms with Gasteiger partial charge in [-0.3, -0.25) is 4.79 Å². The molecule has 9 heteroatoms. The summed E-state index contributed by atoms with van der Waals surface area (Å²) < 4.78 is 65.7. The average molecular weight is 367 g/mol. The van der Waals surface area contributed by atoms with Crippen LogP contribution in [0.1, 0.15) is 5.56 Å². The molecule has 0 fully saturated rings. The Balaban J connectivity index is 2.24. The minimum Gasteiger partial charge on any atom is -0.355 e. The number of hydrogen-bond acceptors (Lipinski definition) is 3. The molecule has 0 spiro atoms. The van der Waals surface area contributed by atoms with Crippen LogP contribution in [0.4, 0.5) is 33.3 Å². The van der Waals surface area contributed by atoms with Crippen molar-refractivity contribution in [2.45, 2.75) is 6.18 Å². The molecule has 0 aromatic heterocycles. The van der Waals surface area contributed by atoms with E-state index in [0.29, 0.717) is 6.20 Å². The number of hydrogen-bond donors (Lipinski definition) is 2. The molecule has 2 aromatic rings. The molecule has 0 bridgehead atoms. The number of alkyl halides is 3. The Kier molecular flexibility index (Phi) is 5.57. The van der Waals surface area contributed by atoms with Gasteiger partial charge >= 0.3 is 6.18 Å². The predicted molar refractivity (Wildman–Crippen MR) is 83.8 cm³/mol. The van der Waals surface area contributed by atoms with E-state index in [1.807, 2.05) is 5.32 Å². The molecule has 1 amide bonds. The average Bonchev–Trinajstić information content (AvgIpc) is 2.57. The summed E-state index contributed by atoms with van der Waals surface area (Å²) in [5.41, 5.74) is -2.93. The minimum atomic E-state index is -4.71. The first-order chi connectivity index (χ1) is 12.2. The number of carbonyl (C=O) groups excluding carboxylic acids is 1. The number of para-hydroxylation sites is 2. The normalized spacial score (nSPS) is 11.6. The van der Waals surface area contributed by atoms with Gasteiger partial charge < -0.3 is 10.6 Å². The molecule has 0 atom stereocenters. The van der Waals surface area contributed by atoms with E-state index in [2.05, 4.69) is 5.32 Å². The van der Waals surface area contributed by atoms with Crippen LogP contribution >= 0.6 is 0 Å². The van der Waals surface area contributed by atoms with Gasteiger partial charge in [0, 0.05) is 6.20 Å². The lowest BCUT2D eigenvalue weighted by Gasteiger charge is -2.13. The highest BCUT2D eigenvalue weighted by atomic mass is 19.4.